The second-order valence-electron chi connectivity index (χ2n) is 5.74. The van der Waals surface area contributed by atoms with Gasteiger partial charge < -0.3 is 4.74 Å². The number of halogens is 3. The number of ether oxygens (including phenoxy) is 1. The van der Waals surface area contributed by atoms with Gasteiger partial charge in [0.25, 0.3) is 0 Å². The Labute approximate surface area is 148 Å². The van der Waals surface area contributed by atoms with Crippen molar-refractivity contribution in [1.29, 1.82) is 0 Å². The third-order valence-electron chi connectivity index (χ3n) is 3.91. The van der Waals surface area contributed by atoms with Gasteiger partial charge in [0.2, 0.25) is 0 Å². The lowest BCUT2D eigenvalue weighted by Crippen LogP contribution is -2.52. The quantitative estimate of drug-likeness (QED) is 0.484. The molecule has 0 atom stereocenters. The molecule has 0 aliphatic carbocycles. The molecule has 24 heavy (non-hydrogen) atoms. The Morgan fingerprint density at radius 1 is 1.29 bits per heavy atom. The molecule has 0 fully saturated rings. The van der Waals surface area contributed by atoms with E-state index in [1.165, 1.54) is 39.9 Å². The second-order valence-corrected chi connectivity index (χ2v) is 8.56. The third kappa shape index (κ3) is 2.46. The zero-order valence-electron chi connectivity index (χ0n) is 12.9. The molecule has 0 N–H and O–H groups in total. The molecule has 3 nitrogen and oxygen atoms in total. The normalized spacial score (nSPS) is 15.7. The maximum absolute atomic E-state index is 13.2. The summed E-state index contributed by atoms with van der Waals surface area (Å²) in [7, 11) is 4.09. The number of rotatable bonds is 1. The molecule has 1 aliphatic rings. The van der Waals surface area contributed by atoms with Gasteiger partial charge in [0.1, 0.15) is 9.57 Å². The number of hydrogen-bond donors (Lipinski definition) is 0. The van der Waals surface area contributed by atoms with Crippen molar-refractivity contribution in [2.24, 2.45) is 0 Å². The van der Waals surface area contributed by atoms with Crippen molar-refractivity contribution in [3.8, 4) is 16.9 Å². The highest BCUT2D eigenvalue weighted by molar-refractivity contribution is 7.80. The van der Waals surface area contributed by atoms with Gasteiger partial charge in [0, 0.05) is 11.1 Å². The van der Waals surface area contributed by atoms with Gasteiger partial charge in [-0.1, -0.05) is 32.9 Å². The lowest BCUT2D eigenvalue weighted by Gasteiger charge is -2.43. The van der Waals surface area contributed by atoms with Crippen LogP contribution in [-0.2, 0) is 10.3 Å². The van der Waals surface area contributed by atoms with Crippen molar-refractivity contribution in [1.82, 2.24) is 0 Å². The van der Waals surface area contributed by atoms with Crippen LogP contribution in [0.25, 0.3) is 11.1 Å². The van der Waals surface area contributed by atoms with E-state index in [0.717, 1.165) is 4.90 Å². The minimum atomic E-state index is -4.97. The highest BCUT2D eigenvalue weighted by Crippen LogP contribution is 2.53. The van der Waals surface area contributed by atoms with Gasteiger partial charge >= 0.3 is 12.1 Å². The maximum Gasteiger partial charge on any atom is 0.471 e. The third-order valence-corrected chi connectivity index (χ3v) is 7.24. The summed E-state index contributed by atoms with van der Waals surface area (Å²) in [6, 6.07) is 4.63. The topological polar surface area (TPSA) is 29.5 Å². The van der Waals surface area contributed by atoms with Gasteiger partial charge in [-0.25, -0.2) is 0 Å². The average Bonchev–Trinajstić information content (AvgIpc) is 2.89. The number of carbonyl (C=O) groups excluding carboxylic acids is 1. The second kappa shape index (κ2) is 5.53. The first-order chi connectivity index (χ1) is 11.1. The van der Waals surface area contributed by atoms with E-state index in [1.807, 2.05) is 0 Å². The molecule has 128 valence electrons. The number of anilines is 1. The first kappa shape index (κ1) is 17.4. The fraction of sp³-hybridized carbons (Fsp3) is 0.333. The van der Waals surface area contributed by atoms with Crippen LogP contribution in [0, 0.1) is 3.82 Å². The van der Waals surface area contributed by atoms with E-state index in [-0.39, 0.29) is 5.69 Å². The lowest BCUT2D eigenvalue weighted by molar-refractivity contribution is -0.171. The molecule has 9 heteroatoms. The van der Waals surface area contributed by atoms with E-state index >= 15 is 0 Å². The summed E-state index contributed by atoms with van der Waals surface area (Å²) in [6.45, 7) is 3.20. The number of methoxy groups -OCH3 is 1. The number of fused-ring (bicyclic) bond motifs is 3. The van der Waals surface area contributed by atoms with Crippen LogP contribution in [0.2, 0.25) is 0 Å². The Kier molecular flexibility index (Phi) is 4.01. The van der Waals surface area contributed by atoms with Gasteiger partial charge in [0.05, 0.1) is 23.2 Å². The van der Waals surface area contributed by atoms with E-state index in [2.05, 4.69) is 0 Å². The number of nitrogens with zero attached hydrogens (tertiary/aromatic N) is 1. The van der Waals surface area contributed by atoms with Crippen LogP contribution < -0.4 is 9.64 Å². The number of amides is 1. The molecule has 1 amide bonds. The zero-order chi connectivity index (χ0) is 17.9. The minimum absolute atomic E-state index is 0.187. The summed E-state index contributed by atoms with van der Waals surface area (Å²) in [5.41, 5.74) is 0.239. The maximum atomic E-state index is 13.2. The lowest BCUT2D eigenvalue weighted by atomic mass is 9.87. The monoisotopic (exact) mass is 391 g/mol. The minimum Gasteiger partial charge on any atom is -0.497 e. The van der Waals surface area contributed by atoms with Gasteiger partial charge in [-0.05, 0) is 32.0 Å². The van der Waals surface area contributed by atoms with Crippen LogP contribution >= 0.6 is 32.9 Å². The molecule has 1 aliphatic heterocycles. The van der Waals surface area contributed by atoms with Crippen molar-refractivity contribution in [2.45, 2.75) is 25.6 Å². The Hall–Kier alpha value is -1.45. The van der Waals surface area contributed by atoms with Gasteiger partial charge in [-0.2, -0.15) is 13.2 Å². The smallest absolute Gasteiger partial charge is 0.471 e. The molecule has 2 heterocycles. The van der Waals surface area contributed by atoms with Crippen molar-refractivity contribution in [2.75, 3.05) is 12.0 Å². The summed E-state index contributed by atoms with van der Waals surface area (Å²) < 4.78 is 45.3. The Morgan fingerprint density at radius 3 is 2.54 bits per heavy atom. The summed E-state index contributed by atoms with van der Waals surface area (Å²) in [4.78, 5) is 13.6. The van der Waals surface area contributed by atoms with Crippen LogP contribution in [0.15, 0.2) is 18.2 Å². The highest BCUT2D eigenvalue weighted by atomic mass is 32.9. The first-order valence-electron chi connectivity index (χ1n) is 6.82. The predicted octanol–water partition coefficient (Wildman–Crippen LogP) is 5.36. The molecule has 0 bridgehead atoms. The zero-order valence-corrected chi connectivity index (χ0v) is 15.3. The molecule has 0 spiro atoms. The van der Waals surface area contributed by atoms with Crippen molar-refractivity contribution in [3.63, 3.8) is 0 Å². The summed E-state index contributed by atoms with van der Waals surface area (Å²) in [6.07, 6.45) is -4.97. The number of carbonyl (C=O) groups is 1. The summed E-state index contributed by atoms with van der Waals surface area (Å²) in [5, 5.41) is 0. The molecular weight excluding hydrogens is 379 g/mol. The van der Waals surface area contributed by atoms with E-state index < -0.39 is 17.6 Å². The van der Waals surface area contributed by atoms with E-state index in [1.54, 1.807) is 19.9 Å². The highest BCUT2D eigenvalue weighted by Gasteiger charge is 2.51. The van der Waals surface area contributed by atoms with Gasteiger partial charge in [-0.15, -0.1) is 0 Å². The molecule has 0 saturated carbocycles. The molecule has 1 aromatic heterocycles. The molecule has 0 unspecified atom stereocenters. The Balaban J connectivity index is 2.35. The van der Waals surface area contributed by atoms with Crippen molar-refractivity contribution in [3.05, 3.63) is 26.9 Å². The van der Waals surface area contributed by atoms with Crippen LogP contribution in [0.4, 0.5) is 18.9 Å². The molecular formula is C15H12F3NO2S3. The Morgan fingerprint density at radius 2 is 1.96 bits per heavy atom. The van der Waals surface area contributed by atoms with Crippen LogP contribution in [0.1, 0.15) is 18.7 Å². The molecule has 2 aromatic rings. The predicted molar refractivity (Wildman–Crippen MR) is 91.6 cm³/mol. The Bertz CT molecular complexity index is 883. The first-order valence-corrected chi connectivity index (χ1v) is 9.38. The molecule has 3 rings (SSSR count). The average molecular weight is 391 g/mol. The van der Waals surface area contributed by atoms with E-state index in [9.17, 15) is 18.0 Å². The fourth-order valence-corrected chi connectivity index (χ4v) is 6.11. The standard InChI is InChI=1S/C15H12F3NO2S3/c1-14(2)11-10(12(22)24-23-11)8-6-7(21-3)4-5-9(8)19(14)13(20)15(16,17)18/h4-6H,1-3H3. The number of alkyl halides is 3. The summed E-state index contributed by atoms with van der Waals surface area (Å²) >= 11 is 5.37. The van der Waals surface area contributed by atoms with Crippen molar-refractivity contribution < 1.29 is 22.7 Å². The number of benzene rings is 1. The molecule has 0 saturated heterocycles. The largest absolute Gasteiger partial charge is 0.497 e. The van der Waals surface area contributed by atoms with Gasteiger partial charge in [-0.3, -0.25) is 9.69 Å². The van der Waals surface area contributed by atoms with E-state index in [0.29, 0.717) is 25.6 Å². The SMILES string of the molecule is COc1ccc2c(c1)-c1c(ssc1=S)C(C)(C)N2C(=O)C(F)(F)F. The fourth-order valence-electron chi connectivity index (χ4n) is 2.83. The van der Waals surface area contributed by atoms with Crippen LogP contribution in [-0.4, -0.2) is 19.2 Å². The van der Waals surface area contributed by atoms with Crippen LogP contribution in [0.3, 0.4) is 0 Å². The van der Waals surface area contributed by atoms with Crippen molar-refractivity contribution >= 4 is 44.5 Å². The molecule has 1 aromatic carbocycles. The summed E-state index contributed by atoms with van der Waals surface area (Å²) in [5.74, 6) is -1.40. The number of hydrogen-bond acceptors (Lipinski definition) is 5. The van der Waals surface area contributed by atoms with E-state index in [4.69, 9.17) is 17.0 Å². The molecule has 0 radical (unpaired) electrons. The van der Waals surface area contributed by atoms with Gasteiger partial charge in [0.15, 0.2) is 0 Å². The van der Waals surface area contributed by atoms with Crippen LogP contribution in [0.5, 0.6) is 5.75 Å².